The molecule has 0 aromatic heterocycles. The Balaban J connectivity index is 1.93. The van der Waals surface area contributed by atoms with Gasteiger partial charge in [-0.05, 0) is 42.3 Å². The van der Waals surface area contributed by atoms with Gasteiger partial charge in [0.05, 0.1) is 13.2 Å². The lowest BCUT2D eigenvalue weighted by Crippen LogP contribution is -2.19. The molecule has 1 N–H and O–H groups in total. The van der Waals surface area contributed by atoms with E-state index >= 15 is 0 Å². The van der Waals surface area contributed by atoms with Gasteiger partial charge >= 0.3 is 0 Å². The first-order valence-corrected chi connectivity index (χ1v) is 6.87. The molecule has 2 aromatic rings. The van der Waals surface area contributed by atoms with E-state index in [9.17, 15) is 9.50 Å². The first-order valence-electron chi connectivity index (χ1n) is 6.87. The van der Waals surface area contributed by atoms with Crippen molar-refractivity contribution in [1.82, 2.24) is 0 Å². The van der Waals surface area contributed by atoms with Crippen LogP contribution in [0.4, 0.5) is 4.39 Å². The Bertz CT molecular complexity index is 669. The Labute approximate surface area is 122 Å². The second-order valence-electron chi connectivity index (χ2n) is 5.27. The number of ether oxygens (including phenoxy) is 2. The van der Waals surface area contributed by atoms with Crippen molar-refractivity contribution in [2.75, 3.05) is 7.11 Å². The van der Waals surface area contributed by atoms with Gasteiger partial charge in [-0.3, -0.25) is 0 Å². The number of aliphatic hydroxyl groups excluding tert-OH is 1. The Morgan fingerprint density at radius 2 is 2.05 bits per heavy atom. The second kappa shape index (κ2) is 5.37. The predicted molar refractivity (Wildman–Crippen MR) is 77.1 cm³/mol. The molecule has 0 saturated carbocycles. The first kappa shape index (κ1) is 13.9. The van der Waals surface area contributed by atoms with Gasteiger partial charge in [0.15, 0.2) is 0 Å². The number of benzene rings is 2. The molecule has 3 rings (SSSR count). The van der Waals surface area contributed by atoms with Crippen molar-refractivity contribution in [1.29, 1.82) is 0 Å². The maximum absolute atomic E-state index is 13.3. The molecule has 0 bridgehead atoms. The molecule has 1 heterocycles. The van der Waals surface area contributed by atoms with E-state index in [1.807, 2.05) is 25.1 Å². The fraction of sp³-hybridized carbons (Fsp3) is 0.294. The standard InChI is InChI=1S/C17H17FO3/c1-10-7-11(3-6-15(10)20-2)16-9-14(19)13-5-4-12(18)8-17(13)21-16/h3-8,14,16,19H,9H2,1-2H3/t14-,16?/m0/s1. The van der Waals surface area contributed by atoms with E-state index in [0.717, 1.165) is 16.9 Å². The third-order valence-corrected chi connectivity index (χ3v) is 3.83. The molecule has 1 aliphatic heterocycles. The number of methoxy groups -OCH3 is 1. The van der Waals surface area contributed by atoms with Crippen molar-refractivity contribution >= 4 is 0 Å². The average molecular weight is 288 g/mol. The van der Waals surface area contributed by atoms with Crippen molar-refractivity contribution in [2.45, 2.75) is 25.6 Å². The summed E-state index contributed by atoms with van der Waals surface area (Å²) in [7, 11) is 1.63. The van der Waals surface area contributed by atoms with Crippen LogP contribution in [0.2, 0.25) is 0 Å². The molecule has 3 nitrogen and oxygen atoms in total. The average Bonchev–Trinajstić information content (AvgIpc) is 2.46. The lowest BCUT2D eigenvalue weighted by molar-refractivity contribution is 0.0653. The third kappa shape index (κ3) is 2.59. The van der Waals surface area contributed by atoms with Gasteiger partial charge in [-0.2, -0.15) is 0 Å². The molecule has 0 radical (unpaired) electrons. The van der Waals surface area contributed by atoms with Gasteiger partial charge in [0.25, 0.3) is 0 Å². The minimum atomic E-state index is -0.651. The van der Waals surface area contributed by atoms with Crippen LogP contribution in [0.1, 0.15) is 35.3 Å². The zero-order chi connectivity index (χ0) is 15.0. The van der Waals surface area contributed by atoms with Crippen LogP contribution >= 0.6 is 0 Å². The normalized spacial score (nSPS) is 20.6. The van der Waals surface area contributed by atoms with Gasteiger partial charge in [-0.15, -0.1) is 0 Å². The van der Waals surface area contributed by atoms with Gasteiger partial charge < -0.3 is 14.6 Å². The van der Waals surface area contributed by atoms with Crippen LogP contribution in [0, 0.1) is 12.7 Å². The molecule has 0 saturated heterocycles. The molecule has 0 spiro atoms. The smallest absolute Gasteiger partial charge is 0.128 e. The monoisotopic (exact) mass is 288 g/mol. The van der Waals surface area contributed by atoms with Crippen molar-refractivity contribution in [3.63, 3.8) is 0 Å². The number of rotatable bonds is 2. The summed E-state index contributed by atoms with van der Waals surface area (Å²) in [5, 5.41) is 10.2. The molecule has 2 aromatic carbocycles. The molecular formula is C17H17FO3. The van der Waals surface area contributed by atoms with Crippen LogP contribution in [0.15, 0.2) is 36.4 Å². The number of hydrogen-bond acceptors (Lipinski definition) is 3. The zero-order valence-corrected chi connectivity index (χ0v) is 12.0. The van der Waals surface area contributed by atoms with Crippen molar-refractivity contribution in [3.05, 3.63) is 58.9 Å². The highest BCUT2D eigenvalue weighted by atomic mass is 19.1. The van der Waals surface area contributed by atoms with E-state index in [1.54, 1.807) is 13.2 Å². The van der Waals surface area contributed by atoms with E-state index in [-0.39, 0.29) is 11.9 Å². The summed E-state index contributed by atoms with van der Waals surface area (Å²) < 4.78 is 24.4. The second-order valence-corrected chi connectivity index (χ2v) is 5.27. The number of hydrogen-bond donors (Lipinski definition) is 1. The summed E-state index contributed by atoms with van der Waals surface area (Å²) in [6.07, 6.45) is -0.495. The Kier molecular flexibility index (Phi) is 3.55. The van der Waals surface area contributed by atoms with E-state index in [2.05, 4.69) is 0 Å². The summed E-state index contributed by atoms with van der Waals surface area (Å²) in [5.41, 5.74) is 2.58. The highest BCUT2D eigenvalue weighted by Gasteiger charge is 2.28. The number of aliphatic hydroxyl groups is 1. The van der Waals surface area contributed by atoms with Crippen LogP contribution in [0.3, 0.4) is 0 Å². The number of aryl methyl sites for hydroxylation is 1. The summed E-state index contributed by atoms with van der Waals surface area (Å²) in [6, 6.07) is 9.99. The zero-order valence-electron chi connectivity index (χ0n) is 12.0. The lowest BCUT2D eigenvalue weighted by Gasteiger charge is -2.30. The van der Waals surface area contributed by atoms with Crippen LogP contribution in [-0.2, 0) is 0 Å². The fourth-order valence-electron chi connectivity index (χ4n) is 2.72. The maximum atomic E-state index is 13.3. The molecule has 0 amide bonds. The van der Waals surface area contributed by atoms with Crippen LogP contribution in [0.5, 0.6) is 11.5 Å². The molecule has 21 heavy (non-hydrogen) atoms. The molecule has 0 fully saturated rings. The van der Waals surface area contributed by atoms with E-state index < -0.39 is 6.10 Å². The van der Waals surface area contributed by atoms with E-state index in [0.29, 0.717) is 17.7 Å². The topological polar surface area (TPSA) is 38.7 Å². The fourth-order valence-corrected chi connectivity index (χ4v) is 2.72. The quantitative estimate of drug-likeness (QED) is 0.915. The molecule has 1 unspecified atom stereocenters. The van der Waals surface area contributed by atoms with Crippen molar-refractivity contribution in [2.24, 2.45) is 0 Å². The summed E-state index contributed by atoms with van der Waals surface area (Å²) in [4.78, 5) is 0. The molecule has 0 aliphatic carbocycles. The molecule has 1 aliphatic rings. The van der Waals surface area contributed by atoms with Crippen LogP contribution < -0.4 is 9.47 Å². The van der Waals surface area contributed by atoms with Gasteiger partial charge in [0, 0.05) is 18.1 Å². The highest BCUT2D eigenvalue weighted by molar-refractivity contribution is 5.41. The molecule has 110 valence electrons. The highest BCUT2D eigenvalue weighted by Crippen LogP contribution is 2.41. The Morgan fingerprint density at radius 1 is 1.24 bits per heavy atom. The minimum Gasteiger partial charge on any atom is -0.496 e. The Hall–Kier alpha value is -2.07. The molecule has 2 atom stereocenters. The number of halogens is 1. The van der Waals surface area contributed by atoms with Crippen LogP contribution in [-0.4, -0.2) is 12.2 Å². The largest absolute Gasteiger partial charge is 0.496 e. The van der Waals surface area contributed by atoms with E-state index in [1.165, 1.54) is 12.1 Å². The van der Waals surface area contributed by atoms with Gasteiger partial charge in [-0.25, -0.2) is 4.39 Å². The Morgan fingerprint density at radius 3 is 2.76 bits per heavy atom. The summed E-state index contributed by atoms with van der Waals surface area (Å²) >= 11 is 0. The number of fused-ring (bicyclic) bond motifs is 1. The summed E-state index contributed by atoms with van der Waals surface area (Å²) in [6.45, 7) is 1.95. The third-order valence-electron chi connectivity index (χ3n) is 3.83. The molecule has 4 heteroatoms. The van der Waals surface area contributed by atoms with Crippen LogP contribution in [0.25, 0.3) is 0 Å². The lowest BCUT2D eigenvalue weighted by atomic mass is 9.94. The predicted octanol–water partition coefficient (Wildman–Crippen LogP) is 3.70. The van der Waals surface area contributed by atoms with Crippen molar-refractivity contribution in [3.8, 4) is 11.5 Å². The first-order chi connectivity index (χ1) is 10.1. The van der Waals surface area contributed by atoms with Gasteiger partial charge in [0.2, 0.25) is 0 Å². The van der Waals surface area contributed by atoms with Gasteiger partial charge in [0.1, 0.15) is 23.4 Å². The molecular weight excluding hydrogens is 271 g/mol. The van der Waals surface area contributed by atoms with Gasteiger partial charge in [-0.1, -0.05) is 6.07 Å². The maximum Gasteiger partial charge on any atom is 0.128 e. The van der Waals surface area contributed by atoms with Crippen molar-refractivity contribution < 1.29 is 19.0 Å². The van der Waals surface area contributed by atoms with E-state index in [4.69, 9.17) is 9.47 Å². The SMILES string of the molecule is COc1ccc(C2C[C@H](O)c3ccc(F)cc3O2)cc1C. The minimum absolute atomic E-state index is 0.293. The summed E-state index contributed by atoms with van der Waals surface area (Å²) in [5.74, 6) is 0.848.